The zero-order valence-corrected chi connectivity index (χ0v) is 16.8. The molecular formula is C24H28F4O. The highest BCUT2D eigenvalue weighted by Crippen LogP contribution is 2.48. The van der Waals surface area contributed by atoms with Gasteiger partial charge in [0.1, 0.15) is 0 Å². The standard InChI is InChI=1S/C24H28F4O/c1-2-3-15-4-5-17-13-18(7-6-16(17)12-15)19-8-10-21-20(14-19)9-11-22(23(21)25)29-24(26,27)28/h8-11,14-18H,2-7,12-13H2,1H3/t15-,16?,17-,18?/m1/s1. The highest BCUT2D eigenvalue weighted by molar-refractivity contribution is 5.85. The molecule has 2 aromatic rings. The number of hydrogen-bond acceptors (Lipinski definition) is 1. The second-order valence-corrected chi connectivity index (χ2v) is 8.90. The van der Waals surface area contributed by atoms with Gasteiger partial charge >= 0.3 is 6.36 Å². The van der Waals surface area contributed by atoms with E-state index in [4.69, 9.17) is 0 Å². The van der Waals surface area contributed by atoms with Gasteiger partial charge in [-0.15, -0.1) is 13.2 Å². The first-order chi connectivity index (χ1) is 13.8. The summed E-state index contributed by atoms with van der Waals surface area (Å²) in [7, 11) is 0. The third-order valence-corrected chi connectivity index (χ3v) is 7.06. The lowest BCUT2D eigenvalue weighted by Crippen LogP contribution is -2.30. The molecule has 2 fully saturated rings. The summed E-state index contributed by atoms with van der Waals surface area (Å²) in [5, 5.41) is 0.799. The Balaban J connectivity index is 1.50. The largest absolute Gasteiger partial charge is 0.573 e. The first kappa shape index (κ1) is 20.5. The minimum absolute atomic E-state index is 0.171. The number of fused-ring (bicyclic) bond motifs is 2. The topological polar surface area (TPSA) is 9.23 Å². The fraction of sp³-hybridized carbons (Fsp3) is 0.583. The van der Waals surface area contributed by atoms with Crippen LogP contribution >= 0.6 is 0 Å². The van der Waals surface area contributed by atoms with Crippen LogP contribution in [-0.4, -0.2) is 6.36 Å². The monoisotopic (exact) mass is 408 g/mol. The zero-order chi connectivity index (χ0) is 20.6. The van der Waals surface area contributed by atoms with Crippen molar-refractivity contribution in [3.63, 3.8) is 0 Å². The van der Waals surface area contributed by atoms with E-state index in [1.54, 1.807) is 6.07 Å². The number of hydrogen-bond donors (Lipinski definition) is 0. The Morgan fingerprint density at radius 1 is 0.966 bits per heavy atom. The molecule has 2 saturated carbocycles. The van der Waals surface area contributed by atoms with Gasteiger partial charge in [-0.2, -0.15) is 0 Å². The Morgan fingerprint density at radius 3 is 2.48 bits per heavy atom. The van der Waals surface area contributed by atoms with E-state index in [1.807, 2.05) is 12.1 Å². The summed E-state index contributed by atoms with van der Waals surface area (Å²) in [6, 6.07) is 8.03. The van der Waals surface area contributed by atoms with Crippen LogP contribution in [-0.2, 0) is 0 Å². The number of rotatable bonds is 4. The smallest absolute Gasteiger partial charge is 0.403 e. The van der Waals surface area contributed by atoms with E-state index in [0.29, 0.717) is 11.3 Å². The number of benzene rings is 2. The van der Waals surface area contributed by atoms with Crippen molar-refractivity contribution in [3.8, 4) is 5.75 Å². The van der Waals surface area contributed by atoms with Gasteiger partial charge in [-0.1, -0.05) is 50.5 Å². The van der Waals surface area contributed by atoms with Crippen LogP contribution in [0.3, 0.4) is 0 Å². The normalized spacial score (nSPS) is 27.6. The molecular weight excluding hydrogens is 380 g/mol. The third-order valence-electron chi connectivity index (χ3n) is 7.06. The molecule has 0 radical (unpaired) electrons. The molecule has 2 aliphatic carbocycles. The lowest BCUT2D eigenvalue weighted by Gasteiger charge is -2.42. The van der Waals surface area contributed by atoms with Crippen LogP contribution in [0.5, 0.6) is 5.75 Å². The minimum atomic E-state index is -4.90. The van der Waals surface area contributed by atoms with Crippen LogP contribution in [0, 0.1) is 23.6 Å². The van der Waals surface area contributed by atoms with E-state index < -0.39 is 17.9 Å². The lowest BCUT2D eigenvalue weighted by atomic mass is 9.63. The first-order valence-electron chi connectivity index (χ1n) is 10.8. The molecule has 0 aromatic heterocycles. The highest BCUT2D eigenvalue weighted by Gasteiger charge is 2.36. The predicted octanol–water partition coefficient (Wildman–Crippen LogP) is 7.98. The maximum atomic E-state index is 14.5. The maximum absolute atomic E-state index is 14.5. The van der Waals surface area contributed by atoms with Gasteiger partial charge in [0.05, 0.1) is 0 Å². The van der Waals surface area contributed by atoms with E-state index in [0.717, 1.165) is 30.2 Å². The van der Waals surface area contributed by atoms with E-state index in [9.17, 15) is 17.6 Å². The summed E-state index contributed by atoms with van der Waals surface area (Å²) in [4.78, 5) is 0. The summed E-state index contributed by atoms with van der Waals surface area (Å²) in [6.45, 7) is 2.27. The SMILES string of the molecule is CCC[C@@H]1CC[C@@H]2CC(c3ccc4c(F)c(OC(F)(F)F)ccc4c3)CCC2C1. The van der Waals surface area contributed by atoms with Gasteiger partial charge in [-0.3, -0.25) is 0 Å². The van der Waals surface area contributed by atoms with Gasteiger partial charge in [0.2, 0.25) is 0 Å². The molecule has 4 atom stereocenters. The summed E-state index contributed by atoms with van der Waals surface area (Å²) in [6.07, 6.45) is 5.31. The van der Waals surface area contributed by atoms with Gasteiger partial charge < -0.3 is 4.74 Å². The van der Waals surface area contributed by atoms with Gasteiger partial charge in [-0.25, -0.2) is 4.39 Å². The maximum Gasteiger partial charge on any atom is 0.573 e. The fourth-order valence-corrected chi connectivity index (χ4v) is 5.71. The van der Waals surface area contributed by atoms with Crippen molar-refractivity contribution in [2.24, 2.45) is 17.8 Å². The molecule has 0 heterocycles. The number of ether oxygens (including phenoxy) is 1. The van der Waals surface area contributed by atoms with Crippen LogP contribution in [0.1, 0.15) is 69.8 Å². The van der Waals surface area contributed by atoms with Gasteiger partial charge in [0, 0.05) is 5.39 Å². The minimum Gasteiger partial charge on any atom is -0.403 e. The molecule has 1 nitrogen and oxygen atoms in total. The molecule has 0 bridgehead atoms. The van der Waals surface area contributed by atoms with Crippen molar-refractivity contribution < 1.29 is 22.3 Å². The Bertz CT molecular complexity index is 860. The van der Waals surface area contributed by atoms with E-state index in [-0.39, 0.29) is 5.39 Å². The van der Waals surface area contributed by atoms with E-state index >= 15 is 0 Å². The van der Waals surface area contributed by atoms with Crippen molar-refractivity contribution in [1.82, 2.24) is 0 Å². The first-order valence-corrected chi connectivity index (χ1v) is 10.8. The van der Waals surface area contributed by atoms with Gasteiger partial charge in [0.15, 0.2) is 11.6 Å². The molecule has 2 aliphatic rings. The molecule has 158 valence electrons. The van der Waals surface area contributed by atoms with E-state index in [2.05, 4.69) is 11.7 Å². The van der Waals surface area contributed by atoms with Crippen LogP contribution in [0.2, 0.25) is 0 Å². The molecule has 0 N–H and O–H groups in total. The molecule has 5 heteroatoms. The fourth-order valence-electron chi connectivity index (χ4n) is 5.71. The number of halogens is 4. The lowest BCUT2D eigenvalue weighted by molar-refractivity contribution is -0.275. The van der Waals surface area contributed by atoms with Crippen molar-refractivity contribution in [3.05, 3.63) is 41.7 Å². The molecule has 0 aliphatic heterocycles. The average Bonchev–Trinajstić information content (AvgIpc) is 2.69. The predicted molar refractivity (Wildman–Crippen MR) is 106 cm³/mol. The zero-order valence-electron chi connectivity index (χ0n) is 16.8. The molecule has 29 heavy (non-hydrogen) atoms. The van der Waals surface area contributed by atoms with Crippen molar-refractivity contribution in [1.29, 1.82) is 0 Å². The quantitative estimate of drug-likeness (QED) is 0.466. The van der Waals surface area contributed by atoms with Crippen molar-refractivity contribution in [2.75, 3.05) is 0 Å². The van der Waals surface area contributed by atoms with Gasteiger partial charge in [0.25, 0.3) is 0 Å². The molecule has 2 unspecified atom stereocenters. The Labute approximate surface area is 169 Å². The second kappa shape index (κ2) is 8.16. The molecule has 0 amide bonds. The number of alkyl halides is 3. The molecule has 0 saturated heterocycles. The van der Waals surface area contributed by atoms with E-state index in [1.165, 1.54) is 56.6 Å². The molecule has 0 spiro atoms. The molecule has 2 aromatic carbocycles. The summed E-state index contributed by atoms with van der Waals surface area (Å²) < 4.78 is 55.6. The van der Waals surface area contributed by atoms with Crippen molar-refractivity contribution >= 4 is 10.8 Å². The highest BCUT2D eigenvalue weighted by atomic mass is 19.4. The molecule has 4 rings (SSSR count). The Hall–Kier alpha value is -1.78. The second-order valence-electron chi connectivity index (χ2n) is 8.90. The Kier molecular flexibility index (Phi) is 5.76. The third kappa shape index (κ3) is 4.54. The van der Waals surface area contributed by atoms with Crippen molar-refractivity contribution in [2.45, 2.75) is 70.6 Å². The van der Waals surface area contributed by atoms with Crippen LogP contribution < -0.4 is 4.74 Å². The van der Waals surface area contributed by atoms with Crippen LogP contribution in [0.15, 0.2) is 30.3 Å². The summed E-state index contributed by atoms with van der Waals surface area (Å²) in [5.74, 6) is 1.24. The van der Waals surface area contributed by atoms with Gasteiger partial charge in [-0.05, 0) is 72.8 Å². The Morgan fingerprint density at radius 2 is 1.72 bits per heavy atom. The van der Waals surface area contributed by atoms with Crippen LogP contribution in [0.25, 0.3) is 10.8 Å². The average molecular weight is 408 g/mol. The van der Waals surface area contributed by atoms with Crippen LogP contribution in [0.4, 0.5) is 17.6 Å². The summed E-state index contributed by atoms with van der Waals surface area (Å²) in [5.41, 5.74) is 1.18. The summed E-state index contributed by atoms with van der Waals surface area (Å²) >= 11 is 0.